The zero-order valence-corrected chi connectivity index (χ0v) is 10.0. The lowest BCUT2D eigenvalue weighted by atomic mass is 10.1. The SMILES string of the molecule is CC(C)C(Br)Cc1ncc(Cl)cn1. The molecular formula is C9H12BrClN2. The minimum absolute atomic E-state index is 0.425. The third kappa shape index (κ3) is 3.61. The molecule has 1 rings (SSSR count). The number of alkyl halides is 1. The maximum atomic E-state index is 5.67. The molecule has 1 aromatic rings. The maximum absolute atomic E-state index is 5.67. The molecule has 2 nitrogen and oxygen atoms in total. The van der Waals surface area contributed by atoms with Crippen molar-refractivity contribution in [2.45, 2.75) is 25.1 Å². The second-order valence-electron chi connectivity index (χ2n) is 3.28. The second kappa shape index (κ2) is 4.91. The van der Waals surface area contributed by atoms with Gasteiger partial charge in [-0.05, 0) is 5.92 Å². The van der Waals surface area contributed by atoms with Crippen LogP contribution in [-0.2, 0) is 6.42 Å². The fraction of sp³-hybridized carbons (Fsp3) is 0.556. The number of hydrogen-bond acceptors (Lipinski definition) is 2. The predicted octanol–water partition coefficient (Wildman–Crippen LogP) is 3.09. The van der Waals surface area contributed by atoms with E-state index in [1.807, 2.05) is 0 Å². The van der Waals surface area contributed by atoms with E-state index in [1.54, 1.807) is 12.4 Å². The van der Waals surface area contributed by atoms with Crippen molar-refractivity contribution in [2.75, 3.05) is 0 Å². The summed E-state index contributed by atoms with van der Waals surface area (Å²) in [4.78, 5) is 8.68. The smallest absolute Gasteiger partial charge is 0.129 e. The van der Waals surface area contributed by atoms with Crippen molar-refractivity contribution in [1.29, 1.82) is 0 Å². The van der Waals surface area contributed by atoms with Gasteiger partial charge in [0.15, 0.2) is 0 Å². The zero-order chi connectivity index (χ0) is 9.84. The summed E-state index contributed by atoms with van der Waals surface area (Å²) in [5.74, 6) is 1.42. The molecule has 0 saturated carbocycles. The molecule has 0 fully saturated rings. The first kappa shape index (κ1) is 10.9. The molecule has 0 aliphatic heterocycles. The molecule has 1 aromatic heterocycles. The minimum atomic E-state index is 0.425. The molecule has 0 aliphatic rings. The first-order valence-electron chi connectivity index (χ1n) is 4.20. The number of halogens is 2. The van der Waals surface area contributed by atoms with E-state index in [4.69, 9.17) is 11.6 Å². The normalized spacial score (nSPS) is 13.3. The van der Waals surface area contributed by atoms with Crippen LogP contribution in [0.1, 0.15) is 19.7 Å². The average molecular weight is 264 g/mol. The molecule has 72 valence electrons. The Bertz CT molecular complexity index is 261. The highest BCUT2D eigenvalue weighted by Gasteiger charge is 2.11. The summed E-state index contributed by atoms with van der Waals surface area (Å²) in [6.45, 7) is 4.32. The van der Waals surface area contributed by atoms with Gasteiger partial charge >= 0.3 is 0 Å². The van der Waals surface area contributed by atoms with Gasteiger partial charge in [-0.25, -0.2) is 9.97 Å². The molecule has 0 spiro atoms. The van der Waals surface area contributed by atoms with Crippen molar-refractivity contribution < 1.29 is 0 Å². The Kier molecular flexibility index (Phi) is 4.13. The molecule has 13 heavy (non-hydrogen) atoms. The predicted molar refractivity (Wildman–Crippen MR) is 58.3 cm³/mol. The molecule has 0 amide bonds. The van der Waals surface area contributed by atoms with Gasteiger partial charge in [0.25, 0.3) is 0 Å². The third-order valence-electron chi connectivity index (χ3n) is 1.77. The van der Waals surface area contributed by atoms with Crippen molar-refractivity contribution in [2.24, 2.45) is 5.92 Å². The molecule has 0 aromatic carbocycles. The molecule has 0 radical (unpaired) electrons. The summed E-state index contributed by atoms with van der Waals surface area (Å²) >= 11 is 9.26. The van der Waals surface area contributed by atoms with E-state index in [1.165, 1.54) is 0 Å². The minimum Gasteiger partial charge on any atom is -0.240 e. The molecule has 0 N–H and O–H groups in total. The molecule has 1 heterocycles. The van der Waals surface area contributed by atoms with Crippen LogP contribution < -0.4 is 0 Å². The van der Waals surface area contributed by atoms with Crippen LogP contribution in [0.15, 0.2) is 12.4 Å². The van der Waals surface area contributed by atoms with E-state index in [0.717, 1.165) is 12.2 Å². The summed E-state index contributed by atoms with van der Waals surface area (Å²) in [5, 5.41) is 0.583. The fourth-order valence-corrected chi connectivity index (χ4v) is 1.24. The van der Waals surface area contributed by atoms with Gasteiger partial charge in [-0.15, -0.1) is 0 Å². The van der Waals surface area contributed by atoms with Crippen LogP contribution in [0.5, 0.6) is 0 Å². The monoisotopic (exact) mass is 262 g/mol. The van der Waals surface area contributed by atoms with E-state index in [0.29, 0.717) is 15.8 Å². The van der Waals surface area contributed by atoms with Crippen molar-refractivity contribution in [3.8, 4) is 0 Å². The third-order valence-corrected chi connectivity index (χ3v) is 3.35. The van der Waals surface area contributed by atoms with Crippen LogP contribution in [-0.4, -0.2) is 14.8 Å². The molecule has 0 aliphatic carbocycles. The lowest BCUT2D eigenvalue weighted by molar-refractivity contribution is 0.600. The number of rotatable bonds is 3. The van der Waals surface area contributed by atoms with Crippen LogP contribution in [0.3, 0.4) is 0 Å². The molecular weight excluding hydrogens is 251 g/mol. The van der Waals surface area contributed by atoms with Crippen LogP contribution in [0.2, 0.25) is 5.02 Å². The van der Waals surface area contributed by atoms with Gasteiger partial charge in [-0.1, -0.05) is 41.4 Å². The maximum Gasteiger partial charge on any atom is 0.129 e. The number of aromatic nitrogens is 2. The summed E-state index contributed by atoms with van der Waals surface area (Å²) < 4.78 is 0. The first-order valence-corrected chi connectivity index (χ1v) is 5.49. The Morgan fingerprint density at radius 2 is 1.92 bits per heavy atom. The largest absolute Gasteiger partial charge is 0.240 e. The Balaban J connectivity index is 2.59. The van der Waals surface area contributed by atoms with E-state index in [2.05, 4.69) is 39.7 Å². The second-order valence-corrected chi connectivity index (χ2v) is 4.89. The number of hydrogen-bond donors (Lipinski definition) is 0. The molecule has 1 atom stereocenters. The Hall–Kier alpha value is -0.150. The van der Waals surface area contributed by atoms with Crippen LogP contribution in [0.4, 0.5) is 0 Å². The van der Waals surface area contributed by atoms with Gasteiger partial charge in [0, 0.05) is 23.6 Å². The Morgan fingerprint density at radius 3 is 2.38 bits per heavy atom. The van der Waals surface area contributed by atoms with Crippen molar-refractivity contribution in [1.82, 2.24) is 9.97 Å². The standard InChI is InChI=1S/C9H12BrClN2/c1-6(2)8(10)3-9-12-4-7(11)5-13-9/h4-6,8H,3H2,1-2H3. The molecule has 0 bridgehead atoms. The van der Waals surface area contributed by atoms with E-state index < -0.39 is 0 Å². The molecule has 4 heteroatoms. The highest BCUT2D eigenvalue weighted by atomic mass is 79.9. The topological polar surface area (TPSA) is 25.8 Å². The summed E-state index contributed by atoms with van der Waals surface area (Å²) in [6.07, 6.45) is 4.10. The van der Waals surface area contributed by atoms with Gasteiger partial charge in [-0.2, -0.15) is 0 Å². The summed E-state index contributed by atoms with van der Waals surface area (Å²) in [6, 6.07) is 0. The van der Waals surface area contributed by atoms with Crippen LogP contribution in [0, 0.1) is 5.92 Å². The lowest BCUT2D eigenvalue weighted by Crippen LogP contribution is -2.12. The first-order chi connectivity index (χ1) is 6.09. The highest BCUT2D eigenvalue weighted by molar-refractivity contribution is 9.09. The van der Waals surface area contributed by atoms with Crippen LogP contribution in [0.25, 0.3) is 0 Å². The van der Waals surface area contributed by atoms with E-state index in [9.17, 15) is 0 Å². The fourth-order valence-electron chi connectivity index (χ4n) is 0.855. The van der Waals surface area contributed by atoms with Crippen molar-refractivity contribution in [3.63, 3.8) is 0 Å². The summed E-state index contributed by atoms with van der Waals surface area (Å²) in [5.41, 5.74) is 0. The molecule has 0 saturated heterocycles. The van der Waals surface area contributed by atoms with Crippen molar-refractivity contribution >= 4 is 27.5 Å². The van der Waals surface area contributed by atoms with Gasteiger partial charge in [0.2, 0.25) is 0 Å². The van der Waals surface area contributed by atoms with E-state index in [-0.39, 0.29) is 0 Å². The lowest BCUT2D eigenvalue weighted by Gasteiger charge is -2.11. The number of nitrogens with zero attached hydrogens (tertiary/aromatic N) is 2. The van der Waals surface area contributed by atoms with Gasteiger partial charge in [0.05, 0.1) is 5.02 Å². The summed E-state index contributed by atoms with van der Waals surface area (Å²) in [7, 11) is 0. The quantitative estimate of drug-likeness (QED) is 0.783. The molecule has 1 unspecified atom stereocenters. The van der Waals surface area contributed by atoms with Gasteiger partial charge in [0.1, 0.15) is 5.82 Å². The zero-order valence-electron chi connectivity index (χ0n) is 7.67. The Morgan fingerprint density at radius 1 is 1.38 bits per heavy atom. The van der Waals surface area contributed by atoms with E-state index >= 15 is 0 Å². The van der Waals surface area contributed by atoms with Gasteiger partial charge in [-0.3, -0.25) is 0 Å². The highest BCUT2D eigenvalue weighted by Crippen LogP contribution is 2.16. The average Bonchev–Trinajstić information content (AvgIpc) is 2.08. The van der Waals surface area contributed by atoms with Crippen molar-refractivity contribution in [3.05, 3.63) is 23.2 Å². The van der Waals surface area contributed by atoms with Gasteiger partial charge < -0.3 is 0 Å². The van der Waals surface area contributed by atoms with Crippen LogP contribution >= 0.6 is 27.5 Å². The Labute approximate surface area is 91.9 Å².